The molecule has 30 heavy (non-hydrogen) atoms. The van der Waals surface area contributed by atoms with Gasteiger partial charge in [0.15, 0.2) is 0 Å². The molecule has 9 N–H and O–H groups in total. The van der Waals surface area contributed by atoms with Crippen LogP contribution in [0.1, 0.15) is 46.0 Å². The van der Waals surface area contributed by atoms with E-state index in [0.717, 1.165) is 0 Å². The van der Waals surface area contributed by atoms with Crippen molar-refractivity contribution in [3.8, 4) is 0 Å². The van der Waals surface area contributed by atoms with Crippen molar-refractivity contribution < 1.29 is 34.2 Å². The van der Waals surface area contributed by atoms with Crippen molar-refractivity contribution in [3.05, 3.63) is 0 Å². The Morgan fingerprint density at radius 3 is 2.07 bits per heavy atom. The molecular formula is C18H33N5O7. The van der Waals surface area contributed by atoms with Gasteiger partial charge < -0.3 is 37.6 Å². The molecule has 12 heteroatoms. The monoisotopic (exact) mass is 431 g/mol. The summed E-state index contributed by atoms with van der Waals surface area (Å²) in [4.78, 5) is 58.7. The van der Waals surface area contributed by atoms with Gasteiger partial charge in [0.1, 0.15) is 18.6 Å². The van der Waals surface area contributed by atoms with Crippen molar-refractivity contribution in [2.24, 2.45) is 17.4 Å². The molecule has 0 rings (SSSR count). The minimum absolute atomic E-state index is 0.230. The fraction of sp³-hybridized carbons (Fsp3) is 0.722. The van der Waals surface area contributed by atoms with Crippen LogP contribution in [-0.2, 0) is 24.0 Å². The number of nitrogens with two attached hydrogens (primary N) is 2. The number of carbonyl (C=O) groups is 5. The van der Waals surface area contributed by atoms with Crippen molar-refractivity contribution in [2.75, 3.05) is 13.1 Å². The van der Waals surface area contributed by atoms with Gasteiger partial charge in [-0.15, -0.1) is 0 Å². The van der Waals surface area contributed by atoms with E-state index in [9.17, 15) is 24.0 Å². The second-order valence-electron chi connectivity index (χ2n) is 7.03. The lowest BCUT2D eigenvalue weighted by molar-refractivity contribution is -0.140. The van der Waals surface area contributed by atoms with E-state index in [1.807, 2.05) is 0 Å². The van der Waals surface area contributed by atoms with Crippen molar-refractivity contribution in [3.63, 3.8) is 0 Å². The zero-order chi connectivity index (χ0) is 23.3. The van der Waals surface area contributed by atoms with Crippen LogP contribution in [-0.4, -0.2) is 71.1 Å². The van der Waals surface area contributed by atoms with Gasteiger partial charge in [-0.05, 0) is 31.7 Å². The Kier molecular flexibility index (Phi) is 13.0. The molecule has 0 saturated carbocycles. The third-order valence-corrected chi connectivity index (χ3v) is 4.52. The molecule has 0 aliphatic heterocycles. The maximum Gasteiger partial charge on any atom is 0.322 e. The van der Waals surface area contributed by atoms with Crippen LogP contribution < -0.4 is 27.4 Å². The molecular weight excluding hydrogens is 398 g/mol. The van der Waals surface area contributed by atoms with Gasteiger partial charge in [0, 0.05) is 0 Å². The van der Waals surface area contributed by atoms with Gasteiger partial charge in [-0.1, -0.05) is 20.3 Å². The molecule has 0 radical (unpaired) electrons. The first-order chi connectivity index (χ1) is 14.0. The van der Waals surface area contributed by atoms with Crippen LogP contribution in [0, 0.1) is 5.92 Å². The molecule has 172 valence electrons. The summed E-state index contributed by atoms with van der Waals surface area (Å²) >= 11 is 0. The van der Waals surface area contributed by atoms with E-state index in [4.69, 9.17) is 21.7 Å². The number of aliphatic carboxylic acids is 2. The maximum atomic E-state index is 12.8. The van der Waals surface area contributed by atoms with Crippen molar-refractivity contribution in [2.45, 2.75) is 64.1 Å². The second-order valence-corrected chi connectivity index (χ2v) is 7.03. The molecule has 0 aromatic heterocycles. The number of nitrogens with one attached hydrogen (secondary N) is 3. The smallest absolute Gasteiger partial charge is 0.322 e. The average Bonchev–Trinajstić information content (AvgIpc) is 2.67. The molecule has 0 saturated heterocycles. The molecule has 0 heterocycles. The summed E-state index contributed by atoms with van der Waals surface area (Å²) in [5.41, 5.74) is 11.0. The van der Waals surface area contributed by atoms with Crippen molar-refractivity contribution in [1.82, 2.24) is 16.0 Å². The van der Waals surface area contributed by atoms with E-state index in [1.54, 1.807) is 13.8 Å². The Labute approximate surface area is 175 Å². The zero-order valence-corrected chi connectivity index (χ0v) is 17.3. The highest BCUT2D eigenvalue weighted by molar-refractivity contribution is 5.94. The first-order valence-electron chi connectivity index (χ1n) is 9.81. The minimum Gasteiger partial charge on any atom is -0.481 e. The van der Waals surface area contributed by atoms with Crippen LogP contribution in [0.5, 0.6) is 0 Å². The lowest BCUT2D eigenvalue weighted by atomic mass is 9.97. The van der Waals surface area contributed by atoms with Gasteiger partial charge in [-0.3, -0.25) is 24.0 Å². The predicted molar refractivity (Wildman–Crippen MR) is 107 cm³/mol. The fourth-order valence-electron chi connectivity index (χ4n) is 2.55. The first-order valence-corrected chi connectivity index (χ1v) is 9.81. The topological polar surface area (TPSA) is 214 Å². The Balaban J connectivity index is 5.29. The van der Waals surface area contributed by atoms with Crippen LogP contribution in [0.25, 0.3) is 0 Å². The highest BCUT2D eigenvalue weighted by atomic mass is 16.4. The molecule has 0 aliphatic carbocycles. The summed E-state index contributed by atoms with van der Waals surface area (Å²) in [6.07, 6.45) is 1.27. The number of hydrogen-bond donors (Lipinski definition) is 7. The molecule has 0 aromatic rings. The van der Waals surface area contributed by atoms with E-state index < -0.39 is 60.8 Å². The van der Waals surface area contributed by atoms with Gasteiger partial charge in [0.25, 0.3) is 0 Å². The number of carboxylic acids is 2. The minimum atomic E-state index is -1.33. The largest absolute Gasteiger partial charge is 0.481 e. The van der Waals surface area contributed by atoms with Gasteiger partial charge in [-0.2, -0.15) is 0 Å². The first kappa shape index (κ1) is 27.3. The summed E-state index contributed by atoms with van der Waals surface area (Å²) in [5, 5.41) is 24.7. The maximum absolute atomic E-state index is 12.8. The van der Waals surface area contributed by atoms with Crippen molar-refractivity contribution >= 4 is 29.7 Å². The molecule has 0 bridgehead atoms. The molecule has 0 aromatic carbocycles. The predicted octanol–water partition coefficient (Wildman–Crippen LogP) is -1.87. The number of hydrogen-bond acceptors (Lipinski definition) is 7. The molecule has 4 atom stereocenters. The highest BCUT2D eigenvalue weighted by Gasteiger charge is 2.31. The number of carbonyl (C=O) groups excluding carboxylic acids is 3. The number of carboxylic acid groups (broad SMARTS) is 2. The lowest BCUT2D eigenvalue weighted by Crippen LogP contribution is -2.58. The molecule has 12 nitrogen and oxygen atoms in total. The number of rotatable bonds is 15. The molecule has 0 fully saturated rings. The highest BCUT2D eigenvalue weighted by Crippen LogP contribution is 2.10. The Morgan fingerprint density at radius 2 is 1.57 bits per heavy atom. The van der Waals surface area contributed by atoms with Crippen LogP contribution in [0.4, 0.5) is 0 Å². The number of amides is 3. The Morgan fingerprint density at radius 1 is 0.933 bits per heavy atom. The van der Waals surface area contributed by atoms with E-state index >= 15 is 0 Å². The SMILES string of the molecule is CCC(C)C(NC(=O)C(N)CC(=O)O)C(=O)NC(CCCCN)C(=O)NCC(=O)O. The lowest BCUT2D eigenvalue weighted by Gasteiger charge is -2.27. The van der Waals surface area contributed by atoms with Crippen LogP contribution in [0.2, 0.25) is 0 Å². The molecule has 0 aliphatic rings. The fourth-order valence-corrected chi connectivity index (χ4v) is 2.55. The standard InChI is InChI=1S/C18H33N5O7/c1-3-10(2)15(23-16(28)11(20)8-13(24)25)18(30)22-12(6-4-5-7-19)17(29)21-9-14(26)27/h10-12,15H,3-9,19-20H2,1-2H3,(H,21,29)(H,22,30)(H,23,28)(H,24,25)(H,26,27). The second kappa shape index (κ2) is 14.3. The molecule has 0 spiro atoms. The van der Waals surface area contributed by atoms with Gasteiger partial charge >= 0.3 is 11.9 Å². The average molecular weight is 431 g/mol. The van der Waals surface area contributed by atoms with Gasteiger partial charge in [0.05, 0.1) is 12.5 Å². The van der Waals surface area contributed by atoms with Crippen LogP contribution >= 0.6 is 0 Å². The van der Waals surface area contributed by atoms with Crippen LogP contribution in [0.15, 0.2) is 0 Å². The summed E-state index contributed by atoms with van der Waals surface area (Å²) in [7, 11) is 0. The van der Waals surface area contributed by atoms with Gasteiger partial charge in [-0.25, -0.2) is 0 Å². The quantitative estimate of drug-likeness (QED) is 0.144. The Bertz CT molecular complexity index is 614. The summed E-state index contributed by atoms with van der Waals surface area (Å²) in [6, 6.07) is -3.40. The van der Waals surface area contributed by atoms with E-state index in [1.165, 1.54) is 0 Å². The summed E-state index contributed by atoms with van der Waals surface area (Å²) < 4.78 is 0. The normalized spacial score (nSPS) is 14.7. The van der Waals surface area contributed by atoms with E-state index in [2.05, 4.69) is 16.0 Å². The Hall–Kier alpha value is -2.73. The van der Waals surface area contributed by atoms with Crippen LogP contribution in [0.3, 0.4) is 0 Å². The molecule has 3 amide bonds. The summed E-state index contributed by atoms with van der Waals surface area (Å²) in [6.45, 7) is 3.30. The van der Waals surface area contributed by atoms with E-state index in [0.29, 0.717) is 25.8 Å². The summed E-state index contributed by atoms with van der Waals surface area (Å²) in [5.74, 6) is -4.93. The number of unbranched alkanes of at least 4 members (excludes halogenated alkanes) is 1. The van der Waals surface area contributed by atoms with Gasteiger partial charge in [0.2, 0.25) is 17.7 Å². The third-order valence-electron chi connectivity index (χ3n) is 4.52. The van der Waals surface area contributed by atoms with Crippen molar-refractivity contribution in [1.29, 1.82) is 0 Å². The third kappa shape index (κ3) is 10.7. The van der Waals surface area contributed by atoms with E-state index in [-0.39, 0.29) is 12.3 Å². The zero-order valence-electron chi connectivity index (χ0n) is 17.3. The molecule has 4 unspecified atom stereocenters.